The monoisotopic (exact) mass is 230 g/mol. The van der Waals surface area contributed by atoms with Crippen molar-refractivity contribution in [3.63, 3.8) is 0 Å². The van der Waals surface area contributed by atoms with Gasteiger partial charge in [0.05, 0.1) is 6.04 Å². The number of ketones is 1. The van der Waals surface area contributed by atoms with Gasteiger partial charge >= 0.3 is 0 Å². The molecule has 0 aromatic carbocycles. The standard InChI is InChI=1S/C12H26N2O2/c1-7(2)11(13-8(3)4)12(16)14-9(5)10(6)15/h7-9,11-14,16H,1-6H3. The van der Waals surface area contributed by atoms with Gasteiger partial charge in [-0.3, -0.25) is 10.1 Å². The molecule has 0 aromatic heterocycles. The molecule has 0 aliphatic heterocycles. The minimum absolute atomic E-state index is 0.0334. The van der Waals surface area contributed by atoms with Gasteiger partial charge in [-0.05, 0) is 19.8 Å². The summed E-state index contributed by atoms with van der Waals surface area (Å²) in [5, 5.41) is 16.2. The number of hydrogen-bond donors (Lipinski definition) is 3. The van der Waals surface area contributed by atoms with Gasteiger partial charge < -0.3 is 10.4 Å². The van der Waals surface area contributed by atoms with Crippen LogP contribution in [0.25, 0.3) is 0 Å². The lowest BCUT2D eigenvalue weighted by molar-refractivity contribution is -0.119. The first kappa shape index (κ1) is 15.6. The summed E-state index contributed by atoms with van der Waals surface area (Å²) < 4.78 is 0. The molecule has 0 aliphatic rings. The van der Waals surface area contributed by atoms with Crippen LogP contribution in [0, 0.1) is 5.92 Å². The van der Waals surface area contributed by atoms with Crippen LogP contribution in [0.15, 0.2) is 0 Å². The molecule has 96 valence electrons. The number of carbonyl (C=O) groups is 1. The third-order valence-corrected chi connectivity index (χ3v) is 2.61. The van der Waals surface area contributed by atoms with Crippen LogP contribution >= 0.6 is 0 Å². The Morgan fingerprint density at radius 1 is 1.06 bits per heavy atom. The molecule has 0 aliphatic carbocycles. The van der Waals surface area contributed by atoms with Crippen LogP contribution in [-0.2, 0) is 4.79 Å². The van der Waals surface area contributed by atoms with E-state index in [2.05, 4.69) is 10.6 Å². The number of Topliss-reactive ketones (excluding diaryl/α,β-unsaturated/α-hetero) is 1. The second-order valence-electron chi connectivity index (χ2n) is 5.04. The van der Waals surface area contributed by atoms with Crippen LogP contribution < -0.4 is 10.6 Å². The van der Waals surface area contributed by atoms with Crippen LogP contribution in [0.3, 0.4) is 0 Å². The van der Waals surface area contributed by atoms with Crippen molar-refractivity contribution in [2.24, 2.45) is 5.92 Å². The number of rotatable bonds is 7. The van der Waals surface area contributed by atoms with Crippen LogP contribution in [0.5, 0.6) is 0 Å². The second kappa shape index (κ2) is 6.99. The van der Waals surface area contributed by atoms with E-state index in [-0.39, 0.29) is 17.9 Å². The summed E-state index contributed by atoms with van der Waals surface area (Å²) in [6.07, 6.45) is -0.707. The molecule has 0 radical (unpaired) electrons. The third kappa shape index (κ3) is 5.58. The first-order chi connectivity index (χ1) is 7.25. The molecule has 4 heteroatoms. The summed E-state index contributed by atoms with van der Waals surface area (Å²) in [7, 11) is 0. The van der Waals surface area contributed by atoms with E-state index in [0.717, 1.165) is 0 Å². The van der Waals surface area contributed by atoms with Gasteiger partial charge in [0.25, 0.3) is 0 Å². The summed E-state index contributed by atoms with van der Waals surface area (Å²) in [5.74, 6) is 0.329. The van der Waals surface area contributed by atoms with Crippen molar-refractivity contribution in [1.29, 1.82) is 0 Å². The van der Waals surface area contributed by atoms with Crippen molar-refractivity contribution in [2.45, 2.75) is 65.9 Å². The van der Waals surface area contributed by atoms with E-state index >= 15 is 0 Å². The lowest BCUT2D eigenvalue weighted by Crippen LogP contribution is -2.55. The Labute approximate surface area is 98.8 Å². The third-order valence-electron chi connectivity index (χ3n) is 2.61. The minimum atomic E-state index is -0.707. The fraction of sp³-hybridized carbons (Fsp3) is 0.917. The van der Waals surface area contributed by atoms with Crippen LogP contribution in [0.1, 0.15) is 41.5 Å². The van der Waals surface area contributed by atoms with Gasteiger partial charge in [0, 0.05) is 12.1 Å². The summed E-state index contributed by atoms with van der Waals surface area (Å²) in [5.41, 5.74) is 0. The zero-order valence-corrected chi connectivity index (χ0v) is 11.2. The second-order valence-corrected chi connectivity index (χ2v) is 5.04. The van der Waals surface area contributed by atoms with Crippen molar-refractivity contribution in [2.75, 3.05) is 0 Å². The highest BCUT2D eigenvalue weighted by atomic mass is 16.3. The smallest absolute Gasteiger partial charge is 0.146 e. The van der Waals surface area contributed by atoms with E-state index < -0.39 is 6.23 Å². The number of hydrogen-bond acceptors (Lipinski definition) is 4. The molecule has 0 saturated heterocycles. The SMILES string of the molecule is CC(=O)C(C)NC(O)C(NC(C)C)C(C)C. The summed E-state index contributed by atoms with van der Waals surface area (Å²) in [6.45, 7) is 11.4. The predicted molar refractivity (Wildman–Crippen MR) is 66.2 cm³/mol. The van der Waals surface area contributed by atoms with Crippen molar-refractivity contribution in [3.05, 3.63) is 0 Å². The molecule has 0 amide bonds. The molecule has 0 fully saturated rings. The van der Waals surface area contributed by atoms with E-state index in [1.165, 1.54) is 6.92 Å². The molecule has 0 rings (SSSR count). The van der Waals surface area contributed by atoms with E-state index in [1.807, 2.05) is 27.7 Å². The minimum Gasteiger partial charge on any atom is -0.377 e. The average molecular weight is 230 g/mol. The Morgan fingerprint density at radius 3 is 1.88 bits per heavy atom. The number of aliphatic hydroxyl groups is 1. The van der Waals surface area contributed by atoms with Crippen molar-refractivity contribution in [3.8, 4) is 0 Å². The Bertz CT molecular complexity index is 217. The van der Waals surface area contributed by atoms with Crippen molar-refractivity contribution < 1.29 is 9.90 Å². The van der Waals surface area contributed by atoms with Crippen molar-refractivity contribution in [1.82, 2.24) is 10.6 Å². The maximum atomic E-state index is 11.1. The predicted octanol–water partition coefficient (Wildman–Crippen LogP) is 0.894. The quantitative estimate of drug-likeness (QED) is 0.569. The number of aliphatic hydroxyl groups excluding tert-OH is 1. The molecule has 0 bridgehead atoms. The topological polar surface area (TPSA) is 61.4 Å². The van der Waals surface area contributed by atoms with E-state index in [9.17, 15) is 9.90 Å². The lowest BCUT2D eigenvalue weighted by Gasteiger charge is -2.31. The van der Waals surface area contributed by atoms with Crippen LogP contribution in [0.4, 0.5) is 0 Å². The highest BCUT2D eigenvalue weighted by Crippen LogP contribution is 2.07. The fourth-order valence-corrected chi connectivity index (χ4v) is 1.51. The Morgan fingerprint density at radius 2 is 1.56 bits per heavy atom. The number of nitrogens with one attached hydrogen (secondary N) is 2. The van der Waals surface area contributed by atoms with Gasteiger partial charge in [-0.2, -0.15) is 0 Å². The molecule has 0 spiro atoms. The van der Waals surface area contributed by atoms with Gasteiger partial charge in [-0.1, -0.05) is 27.7 Å². The Kier molecular flexibility index (Phi) is 6.79. The first-order valence-corrected chi connectivity index (χ1v) is 5.96. The fourth-order valence-electron chi connectivity index (χ4n) is 1.51. The lowest BCUT2D eigenvalue weighted by atomic mass is 10.0. The first-order valence-electron chi connectivity index (χ1n) is 5.96. The molecule has 3 N–H and O–H groups in total. The molecule has 4 nitrogen and oxygen atoms in total. The zero-order valence-electron chi connectivity index (χ0n) is 11.2. The Balaban J connectivity index is 4.38. The molecule has 0 aromatic rings. The van der Waals surface area contributed by atoms with Crippen LogP contribution in [-0.4, -0.2) is 35.2 Å². The molecule has 0 saturated carbocycles. The number of carbonyl (C=O) groups excluding carboxylic acids is 1. The highest BCUT2D eigenvalue weighted by Gasteiger charge is 2.24. The largest absolute Gasteiger partial charge is 0.377 e. The highest BCUT2D eigenvalue weighted by molar-refractivity contribution is 5.80. The van der Waals surface area contributed by atoms with Gasteiger partial charge in [-0.25, -0.2) is 0 Å². The zero-order chi connectivity index (χ0) is 12.9. The maximum Gasteiger partial charge on any atom is 0.146 e. The molecule has 0 heterocycles. The van der Waals surface area contributed by atoms with Gasteiger partial charge in [-0.15, -0.1) is 0 Å². The van der Waals surface area contributed by atoms with E-state index in [0.29, 0.717) is 12.0 Å². The van der Waals surface area contributed by atoms with Gasteiger partial charge in [0.2, 0.25) is 0 Å². The maximum absolute atomic E-state index is 11.1. The van der Waals surface area contributed by atoms with Gasteiger partial charge in [0.1, 0.15) is 12.0 Å². The molecule has 3 unspecified atom stereocenters. The molecule has 16 heavy (non-hydrogen) atoms. The summed E-state index contributed by atoms with van der Waals surface area (Å²) in [6, 6.07) is -0.0662. The Hall–Kier alpha value is -0.450. The normalized spacial score (nSPS) is 17.6. The van der Waals surface area contributed by atoms with Crippen molar-refractivity contribution >= 4 is 5.78 Å². The molecular weight excluding hydrogens is 204 g/mol. The van der Waals surface area contributed by atoms with E-state index in [1.54, 1.807) is 6.92 Å². The average Bonchev–Trinajstić information content (AvgIpc) is 2.12. The van der Waals surface area contributed by atoms with E-state index in [4.69, 9.17) is 0 Å². The molecule has 3 atom stereocenters. The molecular formula is C12H26N2O2. The van der Waals surface area contributed by atoms with Gasteiger partial charge in [0.15, 0.2) is 0 Å². The van der Waals surface area contributed by atoms with Crippen LogP contribution in [0.2, 0.25) is 0 Å². The summed E-state index contributed by atoms with van der Waals surface area (Å²) in [4.78, 5) is 11.1. The summed E-state index contributed by atoms with van der Waals surface area (Å²) >= 11 is 0.